The first-order valence-electron chi connectivity index (χ1n) is 4.34. The first-order valence-corrected chi connectivity index (χ1v) is 5.09. The predicted octanol–water partition coefficient (Wildman–Crippen LogP) is 2.04. The lowest BCUT2D eigenvalue weighted by molar-refractivity contribution is -0.155. The number of carbonyl (C=O) groups excluding carboxylic acids is 1. The van der Waals surface area contributed by atoms with E-state index < -0.39 is 11.9 Å². The normalized spacial score (nSPS) is 9.94. The highest BCUT2D eigenvalue weighted by atomic mass is 35.5. The van der Waals surface area contributed by atoms with Gasteiger partial charge in [0.15, 0.2) is 0 Å². The van der Waals surface area contributed by atoms with Gasteiger partial charge in [0.05, 0.1) is 10.0 Å². The SMILES string of the molecule is CN(Cc1ccc(Cl)c(Cl)c1)C(=O)C(=O)O. The predicted molar refractivity (Wildman–Crippen MR) is 60.6 cm³/mol. The molecule has 0 aliphatic rings. The monoisotopic (exact) mass is 261 g/mol. The van der Waals surface area contributed by atoms with E-state index in [2.05, 4.69) is 0 Å². The lowest BCUT2D eigenvalue weighted by Crippen LogP contribution is -2.32. The number of nitrogens with zero attached hydrogens (tertiary/aromatic N) is 1. The first-order chi connectivity index (χ1) is 7.41. The minimum Gasteiger partial charge on any atom is -0.474 e. The van der Waals surface area contributed by atoms with Crippen LogP contribution in [0.3, 0.4) is 0 Å². The molecule has 4 nitrogen and oxygen atoms in total. The molecule has 0 spiro atoms. The van der Waals surface area contributed by atoms with Crippen LogP contribution >= 0.6 is 23.2 Å². The summed E-state index contributed by atoms with van der Waals surface area (Å²) in [5, 5.41) is 9.28. The van der Waals surface area contributed by atoms with Crippen molar-refractivity contribution in [3.8, 4) is 0 Å². The van der Waals surface area contributed by atoms with Gasteiger partial charge in [-0.1, -0.05) is 29.3 Å². The molecule has 0 aliphatic carbocycles. The second-order valence-corrected chi connectivity index (χ2v) is 4.03. The summed E-state index contributed by atoms with van der Waals surface area (Å²) in [6.07, 6.45) is 0. The average Bonchev–Trinajstić information content (AvgIpc) is 2.22. The number of hydrogen-bond donors (Lipinski definition) is 1. The highest BCUT2D eigenvalue weighted by Crippen LogP contribution is 2.23. The van der Waals surface area contributed by atoms with Crippen molar-refractivity contribution < 1.29 is 14.7 Å². The fraction of sp³-hybridized carbons (Fsp3) is 0.200. The van der Waals surface area contributed by atoms with Crippen molar-refractivity contribution in [1.29, 1.82) is 0 Å². The van der Waals surface area contributed by atoms with Crippen molar-refractivity contribution in [2.45, 2.75) is 6.54 Å². The number of carboxylic acids is 1. The highest BCUT2D eigenvalue weighted by Gasteiger charge is 2.17. The maximum atomic E-state index is 11.1. The quantitative estimate of drug-likeness (QED) is 0.829. The molecule has 0 aliphatic heterocycles. The average molecular weight is 262 g/mol. The van der Waals surface area contributed by atoms with E-state index in [4.69, 9.17) is 28.3 Å². The molecule has 0 saturated heterocycles. The molecule has 1 amide bonds. The third kappa shape index (κ3) is 3.12. The van der Waals surface area contributed by atoms with Crippen molar-refractivity contribution in [3.05, 3.63) is 33.8 Å². The van der Waals surface area contributed by atoms with Crippen LogP contribution in [0.2, 0.25) is 10.0 Å². The molecule has 0 fully saturated rings. The van der Waals surface area contributed by atoms with E-state index in [0.29, 0.717) is 15.6 Å². The fourth-order valence-electron chi connectivity index (χ4n) is 1.15. The maximum Gasteiger partial charge on any atom is 0.394 e. The molecule has 0 atom stereocenters. The zero-order chi connectivity index (χ0) is 12.3. The largest absolute Gasteiger partial charge is 0.474 e. The lowest BCUT2D eigenvalue weighted by Gasteiger charge is -2.14. The van der Waals surface area contributed by atoms with Crippen LogP contribution in [-0.4, -0.2) is 28.9 Å². The van der Waals surface area contributed by atoms with Crippen LogP contribution in [0.15, 0.2) is 18.2 Å². The van der Waals surface area contributed by atoms with Crippen LogP contribution in [-0.2, 0) is 16.1 Å². The highest BCUT2D eigenvalue weighted by molar-refractivity contribution is 6.42. The van der Waals surface area contributed by atoms with Gasteiger partial charge < -0.3 is 10.0 Å². The van der Waals surface area contributed by atoms with Crippen LogP contribution in [0, 0.1) is 0 Å². The number of rotatable bonds is 2. The van der Waals surface area contributed by atoms with E-state index in [9.17, 15) is 9.59 Å². The number of halogens is 2. The Kier molecular flexibility index (Phi) is 4.15. The molecular weight excluding hydrogens is 253 g/mol. The van der Waals surface area contributed by atoms with Crippen LogP contribution in [0.25, 0.3) is 0 Å². The number of carboxylic acid groups (broad SMARTS) is 1. The molecule has 0 aromatic heterocycles. The Balaban J connectivity index is 2.77. The topological polar surface area (TPSA) is 57.6 Å². The maximum absolute atomic E-state index is 11.1. The molecule has 1 N–H and O–H groups in total. The fourth-order valence-corrected chi connectivity index (χ4v) is 1.47. The molecule has 86 valence electrons. The second kappa shape index (κ2) is 5.18. The summed E-state index contributed by atoms with van der Waals surface area (Å²) < 4.78 is 0. The van der Waals surface area contributed by atoms with Crippen molar-refractivity contribution >= 4 is 35.1 Å². The van der Waals surface area contributed by atoms with Gasteiger partial charge in [-0.3, -0.25) is 4.79 Å². The van der Waals surface area contributed by atoms with E-state index in [0.717, 1.165) is 4.90 Å². The second-order valence-electron chi connectivity index (χ2n) is 3.21. The van der Waals surface area contributed by atoms with Gasteiger partial charge in [-0.2, -0.15) is 0 Å². The van der Waals surface area contributed by atoms with E-state index in [1.807, 2.05) is 0 Å². The minimum absolute atomic E-state index is 0.169. The molecular formula is C10H9Cl2NO3. The third-order valence-electron chi connectivity index (χ3n) is 1.93. The van der Waals surface area contributed by atoms with E-state index in [1.54, 1.807) is 18.2 Å². The molecule has 0 heterocycles. The summed E-state index contributed by atoms with van der Waals surface area (Å²) in [6.45, 7) is 0.169. The Morgan fingerprint density at radius 2 is 1.94 bits per heavy atom. The van der Waals surface area contributed by atoms with Crippen LogP contribution in [0.1, 0.15) is 5.56 Å². The summed E-state index contributed by atoms with van der Waals surface area (Å²) in [4.78, 5) is 22.6. The van der Waals surface area contributed by atoms with Gasteiger partial charge in [0.2, 0.25) is 0 Å². The first kappa shape index (κ1) is 12.8. The Labute approximate surface area is 102 Å². The van der Waals surface area contributed by atoms with Gasteiger partial charge >= 0.3 is 11.9 Å². The van der Waals surface area contributed by atoms with Gasteiger partial charge in [-0.05, 0) is 17.7 Å². The summed E-state index contributed by atoms with van der Waals surface area (Å²) >= 11 is 11.5. The van der Waals surface area contributed by atoms with E-state index >= 15 is 0 Å². The van der Waals surface area contributed by atoms with E-state index in [1.165, 1.54) is 7.05 Å². The summed E-state index contributed by atoms with van der Waals surface area (Å²) in [7, 11) is 1.40. The van der Waals surface area contributed by atoms with E-state index in [-0.39, 0.29) is 6.54 Å². The Morgan fingerprint density at radius 3 is 2.44 bits per heavy atom. The molecule has 0 saturated carbocycles. The van der Waals surface area contributed by atoms with Gasteiger partial charge in [0.1, 0.15) is 0 Å². The van der Waals surface area contributed by atoms with Crippen LogP contribution in [0.5, 0.6) is 0 Å². The lowest BCUT2D eigenvalue weighted by atomic mass is 10.2. The van der Waals surface area contributed by atoms with Crippen molar-refractivity contribution in [1.82, 2.24) is 4.90 Å². The minimum atomic E-state index is -1.48. The molecule has 1 rings (SSSR count). The zero-order valence-electron chi connectivity index (χ0n) is 8.41. The standard InChI is InChI=1S/C10H9Cl2NO3/c1-13(9(14)10(15)16)5-6-2-3-7(11)8(12)4-6/h2-4H,5H2,1H3,(H,15,16). The number of carbonyl (C=O) groups is 2. The zero-order valence-corrected chi connectivity index (χ0v) is 9.92. The summed E-state index contributed by atoms with van der Waals surface area (Å²) in [5.74, 6) is -2.45. The molecule has 6 heteroatoms. The van der Waals surface area contributed by atoms with Crippen LogP contribution in [0.4, 0.5) is 0 Å². The van der Waals surface area contributed by atoms with Gasteiger partial charge in [-0.15, -0.1) is 0 Å². The molecule has 16 heavy (non-hydrogen) atoms. The molecule has 0 bridgehead atoms. The summed E-state index contributed by atoms with van der Waals surface area (Å²) in [6, 6.07) is 4.87. The van der Waals surface area contributed by atoms with Crippen molar-refractivity contribution in [2.75, 3.05) is 7.05 Å². The number of hydrogen-bond acceptors (Lipinski definition) is 2. The number of benzene rings is 1. The number of likely N-dealkylation sites (N-methyl/N-ethyl adjacent to an activating group) is 1. The molecule has 0 radical (unpaired) electrons. The van der Waals surface area contributed by atoms with Crippen molar-refractivity contribution in [2.24, 2.45) is 0 Å². The van der Waals surface area contributed by atoms with Gasteiger partial charge in [-0.25, -0.2) is 4.79 Å². The Hall–Kier alpha value is -1.26. The number of amides is 1. The van der Waals surface area contributed by atoms with Crippen LogP contribution < -0.4 is 0 Å². The number of aliphatic carboxylic acids is 1. The Morgan fingerprint density at radius 1 is 1.31 bits per heavy atom. The smallest absolute Gasteiger partial charge is 0.394 e. The molecule has 1 aromatic carbocycles. The van der Waals surface area contributed by atoms with Gasteiger partial charge in [0, 0.05) is 13.6 Å². The van der Waals surface area contributed by atoms with Gasteiger partial charge in [0.25, 0.3) is 0 Å². The molecule has 1 aromatic rings. The third-order valence-corrected chi connectivity index (χ3v) is 2.67. The molecule has 0 unspecified atom stereocenters. The van der Waals surface area contributed by atoms with Crippen molar-refractivity contribution in [3.63, 3.8) is 0 Å². The summed E-state index contributed by atoms with van der Waals surface area (Å²) in [5.41, 5.74) is 0.714. The Bertz CT molecular complexity index is 434.